The summed E-state index contributed by atoms with van der Waals surface area (Å²) in [7, 11) is 0. The fourth-order valence-corrected chi connectivity index (χ4v) is 2.56. The monoisotopic (exact) mass is 197 g/mol. The van der Waals surface area contributed by atoms with Crippen molar-refractivity contribution in [2.45, 2.75) is 56.9 Å². The Bertz CT molecular complexity index is 171. The molecule has 0 aromatic heterocycles. The van der Waals surface area contributed by atoms with Crippen LogP contribution in [0.2, 0.25) is 0 Å². The average molecular weight is 197 g/mol. The zero-order valence-electron chi connectivity index (χ0n) is 9.10. The molecule has 0 bridgehead atoms. The first-order valence-electron chi connectivity index (χ1n) is 6.21. The van der Waals surface area contributed by atoms with Gasteiger partial charge in [-0.05, 0) is 31.7 Å². The third-order valence-electron chi connectivity index (χ3n) is 3.93. The smallest absolute Gasteiger partial charge is 0.0613 e. The number of hydrogen-bond acceptors (Lipinski definition) is 2. The molecule has 0 atom stereocenters. The molecule has 2 rings (SSSR count). The van der Waals surface area contributed by atoms with Crippen LogP contribution in [0.15, 0.2) is 0 Å². The lowest BCUT2D eigenvalue weighted by atomic mass is 9.87. The molecule has 0 spiro atoms. The predicted molar refractivity (Wildman–Crippen MR) is 58.2 cm³/mol. The van der Waals surface area contributed by atoms with Gasteiger partial charge < -0.3 is 10.4 Å². The normalized spacial score (nSPS) is 26.4. The van der Waals surface area contributed by atoms with Crippen molar-refractivity contribution in [2.24, 2.45) is 5.92 Å². The highest BCUT2D eigenvalue weighted by molar-refractivity contribution is 5.01. The van der Waals surface area contributed by atoms with Gasteiger partial charge >= 0.3 is 0 Å². The summed E-state index contributed by atoms with van der Waals surface area (Å²) in [6, 6.07) is 0. The van der Waals surface area contributed by atoms with Gasteiger partial charge in [-0.1, -0.05) is 32.1 Å². The third-order valence-corrected chi connectivity index (χ3v) is 3.93. The van der Waals surface area contributed by atoms with E-state index < -0.39 is 0 Å². The Hall–Kier alpha value is -0.0800. The van der Waals surface area contributed by atoms with Crippen LogP contribution < -0.4 is 5.32 Å². The van der Waals surface area contributed by atoms with Crippen molar-refractivity contribution in [3.8, 4) is 0 Å². The Labute approximate surface area is 87.1 Å². The maximum Gasteiger partial charge on any atom is 0.0613 e. The predicted octanol–water partition coefficient (Wildman–Crippen LogP) is 2.07. The van der Waals surface area contributed by atoms with Crippen molar-refractivity contribution in [1.29, 1.82) is 0 Å². The quantitative estimate of drug-likeness (QED) is 0.707. The molecule has 0 aromatic carbocycles. The number of aliphatic hydroxyl groups excluding tert-OH is 1. The molecule has 2 N–H and O–H groups in total. The SMILES string of the molecule is OCC1(NCCC2CCCCC2)CC1. The van der Waals surface area contributed by atoms with Gasteiger partial charge in [-0.3, -0.25) is 0 Å². The molecule has 14 heavy (non-hydrogen) atoms. The molecular formula is C12H23NO. The molecule has 0 aromatic rings. The molecule has 2 saturated carbocycles. The van der Waals surface area contributed by atoms with Gasteiger partial charge in [-0.2, -0.15) is 0 Å². The average Bonchev–Trinajstić information content (AvgIpc) is 3.00. The van der Waals surface area contributed by atoms with E-state index >= 15 is 0 Å². The molecule has 82 valence electrons. The van der Waals surface area contributed by atoms with E-state index in [9.17, 15) is 0 Å². The maximum atomic E-state index is 9.13. The number of hydrogen-bond donors (Lipinski definition) is 2. The fraction of sp³-hybridized carbons (Fsp3) is 1.00. The molecule has 2 heteroatoms. The second-order valence-corrected chi connectivity index (χ2v) is 5.16. The van der Waals surface area contributed by atoms with E-state index in [1.165, 1.54) is 51.4 Å². The van der Waals surface area contributed by atoms with E-state index in [2.05, 4.69) is 5.32 Å². The molecule has 2 aliphatic carbocycles. The summed E-state index contributed by atoms with van der Waals surface area (Å²) >= 11 is 0. The molecule has 0 radical (unpaired) electrons. The van der Waals surface area contributed by atoms with Crippen molar-refractivity contribution in [1.82, 2.24) is 5.32 Å². The van der Waals surface area contributed by atoms with Gasteiger partial charge in [-0.15, -0.1) is 0 Å². The van der Waals surface area contributed by atoms with Crippen molar-refractivity contribution < 1.29 is 5.11 Å². The minimum Gasteiger partial charge on any atom is -0.394 e. The summed E-state index contributed by atoms with van der Waals surface area (Å²) < 4.78 is 0. The standard InChI is InChI=1S/C12H23NO/c14-10-12(7-8-12)13-9-6-11-4-2-1-3-5-11/h11,13-14H,1-10H2. The first-order chi connectivity index (χ1) is 6.85. The van der Waals surface area contributed by atoms with Crippen LogP contribution in [0.1, 0.15) is 51.4 Å². The lowest BCUT2D eigenvalue weighted by Crippen LogP contribution is -2.36. The largest absolute Gasteiger partial charge is 0.394 e. The molecule has 0 heterocycles. The highest BCUT2D eigenvalue weighted by Crippen LogP contribution is 2.35. The molecular weight excluding hydrogens is 174 g/mol. The van der Waals surface area contributed by atoms with Crippen molar-refractivity contribution >= 4 is 0 Å². The Kier molecular flexibility index (Phi) is 3.45. The van der Waals surface area contributed by atoms with Crippen LogP contribution in [-0.4, -0.2) is 23.8 Å². The summed E-state index contributed by atoms with van der Waals surface area (Å²) in [5, 5.41) is 12.6. The van der Waals surface area contributed by atoms with Crippen LogP contribution in [0, 0.1) is 5.92 Å². The Morgan fingerprint density at radius 3 is 2.43 bits per heavy atom. The van der Waals surface area contributed by atoms with Crippen molar-refractivity contribution in [3.63, 3.8) is 0 Å². The zero-order valence-corrected chi connectivity index (χ0v) is 9.10. The summed E-state index contributed by atoms with van der Waals surface area (Å²) in [5.41, 5.74) is 0.147. The number of aliphatic hydroxyl groups is 1. The second kappa shape index (κ2) is 4.63. The van der Waals surface area contributed by atoms with Crippen LogP contribution >= 0.6 is 0 Å². The van der Waals surface area contributed by atoms with E-state index in [0.29, 0.717) is 6.61 Å². The summed E-state index contributed by atoms with van der Waals surface area (Å²) in [4.78, 5) is 0. The van der Waals surface area contributed by atoms with E-state index in [4.69, 9.17) is 5.11 Å². The van der Waals surface area contributed by atoms with Gasteiger partial charge in [0, 0.05) is 5.54 Å². The Balaban J connectivity index is 1.58. The van der Waals surface area contributed by atoms with Crippen molar-refractivity contribution in [3.05, 3.63) is 0 Å². The Morgan fingerprint density at radius 2 is 1.86 bits per heavy atom. The molecule has 2 nitrogen and oxygen atoms in total. The van der Waals surface area contributed by atoms with Crippen LogP contribution in [0.5, 0.6) is 0 Å². The zero-order chi connectivity index (χ0) is 9.86. The first kappa shape index (κ1) is 10.4. The van der Waals surface area contributed by atoms with Crippen LogP contribution in [0.4, 0.5) is 0 Å². The van der Waals surface area contributed by atoms with Gasteiger partial charge in [0.2, 0.25) is 0 Å². The molecule has 0 amide bonds. The fourth-order valence-electron chi connectivity index (χ4n) is 2.56. The minimum absolute atomic E-state index is 0.147. The second-order valence-electron chi connectivity index (χ2n) is 5.16. The van der Waals surface area contributed by atoms with Crippen LogP contribution in [0.3, 0.4) is 0 Å². The number of nitrogens with one attached hydrogen (secondary N) is 1. The number of rotatable bonds is 5. The molecule has 2 aliphatic rings. The molecule has 0 saturated heterocycles. The van der Waals surface area contributed by atoms with Gasteiger partial charge in [-0.25, -0.2) is 0 Å². The molecule has 0 unspecified atom stereocenters. The highest BCUT2D eigenvalue weighted by Gasteiger charge is 2.41. The lowest BCUT2D eigenvalue weighted by molar-refractivity contribution is 0.225. The molecule has 2 fully saturated rings. The topological polar surface area (TPSA) is 32.3 Å². The minimum atomic E-state index is 0.147. The highest BCUT2D eigenvalue weighted by atomic mass is 16.3. The lowest BCUT2D eigenvalue weighted by Gasteiger charge is -2.23. The first-order valence-corrected chi connectivity index (χ1v) is 6.21. The Morgan fingerprint density at radius 1 is 1.14 bits per heavy atom. The molecule has 0 aliphatic heterocycles. The summed E-state index contributed by atoms with van der Waals surface area (Å²) in [6.07, 6.45) is 10.9. The van der Waals surface area contributed by atoms with E-state index in [1.54, 1.807) is 0 Å². The van der Waals surface area contributed by atoms with Crippen molar-refractivity contribution in [2.75, 3.05) is 13.2 Å². The summed E-state index contributed by atoms with van der Waals surface area (Å²) in [5.74, 6) is 0.964. The van der Waals surface area contributed by atoms with E-state index in [0.717, 1.165) is 12.5 Å². The van der Waals surface area contributed by atoms with Gasteiger partial charge in [0.15, 0.2) is 0 Å². The van der Waals surface area contributed by atoms with Crippen LogP contribution in [-0.2, 0) is 0 Å². The van der Waals surface area contributed by atoms with E-state index in [1.807, 2.05) is 0 Å². The van der Waals surface area contributed by atoms with E-state index in [-0.39, 0.29) is 5.54 Å². The summed E-state index contributed by atoms with van der Waals surface area (Å²) in [6.45, 7) is 1.45. The third kappa shape index (κ3) is 2.71. The van der Waals surface area contributed by atoms with Gasteiger partial charge in [0.05, 0.1) is 6.61 Å². The maximum absolute atomic E-state index is 9.13. The van der Waals surface area contributed by atoms with Gasteiger partial charge in [0.25, 0.3) is 0 Å². The van der Waals surface area contributed by atoms with Crippen LogP contribution in [0.25, 0.3) is 0 Å². The van der Waals surface area contributed by atoms with Gasteiger partial charge in [0.1, 0.15) is 0 Å².